The molecule has 0 aliphatic rings. The molecule has 0 aromatic heterocycles. The summed E-state index contributed by atoms with van der Waals surface area (Å²) in [5, 5.41) is 12.2. The van der Waals surface area contributed by atoms with Gasteiger partial charge in [0, 0.05) is 25.6 Å². The molecule has 0 saturated carbocycles. The zero-order valence-electron chi connectivity index (χ0n) is 11.5. The zero-order valence-corrected chi connectivity index (χ0v) is 11.5. The van der Waals surface area contributed by atoms with Crippen LogP contribution < -0.4 is 5.32 Å². The lowest BCUT2D eigenvalue weighted by molar-refractivity contribution is -0.131. The first kappa shape index (κ1) is 16.4. The Morgan fingerprint density at radius 2 is 2.00 bits per heavy atom. The van der Waals surface area contributed by atoms with Crippen LogP contribution in [0.25, 0.3) is 0 Å². The SMILES string of the molecule is CCCCN(CCO)C(=O)CCCNC(C)C. The minimum Gasteiger partial charge on any atom is -0.395 e. The highest BCUT2D eigenvalue weighted by Crippen LogP contribution is 2.01. The number of unbranched alkanes of at least 4 members (excludes halogenated alkanes) is 1. The maximum atomic E-state index is 11.9. The highest BCUT2D eigenvalue weighted by molar-refractivity contribution is 5.76. The van der Waals surface area contributed by atoms with Gasteiger partial charge < -0.3 is 15.3 Å². The van der Waals surface area contributed by atoms with E-state index >= 15 is 0 Å². The number of nitrogens with one attached hydrogen (secondary N) is 1. The summed E-state index contributed by atoms with van der Waals surface area (Å²) in [6.07, 6.45) is 3.52. The van der Waals surface area contributed by atoms with Gasteiger partial charge in [-0.05, 0) is 19.4 Å². The molecule has 0 rings (SSSR count). The number of hydrogen-bond donors (Lipinski definition) is 2. The molecule has 0 fully saturated rings. The van der Waals surface area contributed by atoms with Crippen molar-refractivity contribution < 1.29 is 9.90 Å². The van der Waals surface area contributed by atoms with Crippen LogP contribution in [0.15, 0.2) is 0 Å². The van der Waals surface area contributed by atoms with Gasteiger partial charge >= 0.3 is 0 Å². The molecule has 2 N–H and O–H groups in total. The minimum atomic E-state index is 0.0553. The molecule has 0 saturated heterocycles. The zero-order chi connectivity index (χ0) is 13.1. The predicted octanol–water partition coefficient (Wildman–Crippen LogP) is 1.39. The van der Waals surface area contributed by atoms with Crippen LogP contribution in [-0.2, 0) is 4.79 Å². The summed E-state index contributed by atoms with van der Waals surface area (Å²) < 4.78 is 0. The van der Waals surface area contributed by atoms with Crippen molar-refractivity contribution in [3.63, 3.8) is 0 Å². The summed E-state index contributed by atoms with van der Waals surface area (Å²) >= 11 is 0. The molecule has 0 aliphatic carbocycles. The number of nitrogens with zero attached hydrogens (tertiary/aromatic N) is 1. The fourth-order valence-electron chi connectivity index (χ4n) is 1.62. The van der Waals surface area contributed by atoms with Crippen LogP contribution >= 0.6 is 0 Å². The average molecular weight is 244 g/mol. The highest BCUT2D eigenvalue weighted by atomic mass is 16.3. The molecule has 0 unspecified atom stereocenters. The lowest BCUT2D eigenvalue weighted by atomic mass is 10.2. The normalized spacial score (nSPS) is 10.9. The Morgan fingerprint density at radius 1 is 1.29 bits per heavy atom. The van der Waals surface area contributed by atoms with Crippen molar-refractivity contribution in [2.45, 2.75) is 52.5 Å². The molecule has 0 aromatic rings. The Bertz CT molecular complexity index is 196. The van der Waals surface area contributed by atoms with Crippen molar-refractivity contribution in [2.24, 2.45) is 0 Å². The molecule has 4 heteroatoms. The van der Waals surface area contributed by atoms with Crippen LogP contribution in [-0.4, -0.2) is 48.2 Å². The summed E-state index contributed by atoms with van der Waals surface area (Å²) in [7, 11) is 0. The maximum Gasteiger partial charge on any atom is 0.222 e. The molecular formula is C13H28N2O2. The molecule has 0 radical (unpaired) electrons. The predicted molar refractivity (Wildman–Crippen MR) is 70.9 cm³/mol. The van der Waals surface area contributed by atoms with E-state index < -0.39 is 0 Å². The van der Waals surface area contributed by atoms with Crippen molar-refractivity contribution in [1.82, 2.24) is 10.2 Å². The van der Waals surface area contributed by atoms with Crippen molar-refractivity contribution in [3.8, 4) is 0 Å². The molecule has 0 bridgehead atoms. The highest BCUT2D eigenvalue weighted by Gasteiger charge is 2.11. The van der Waals surface area contributed by atoms with Crippen LogP contribution in [0.5, 0.6) is 0 Å². The third-order valence-electron chi connectivity index (χ3n) is 2.62. The van der Waals surface area contributed by atoms with E-state index in [0.29, 0.717) is 19.0 Å². The van der Waals surface area contributed by atoms with E-state index in [-0.39, 0.29) is 12.5 Å². The largest absolute Gasteiger partial charge is 0.395 e. The second-order valence-corrected chi connectivity index (χ2v) is 4.67. The average Bonchev–Trinajstić information content (AvgIpc) is 2.29. The van der Waals surface area contributed by atoms with Crippen LogP contribution in [0.2, 0.25) is 0 Å². The van der Waals surface area contributed by atoms with Crippen LogP contribution in [0, 0.1) is 0 Å². The van der Waals surface area contributed by atoms with Crippen molar-refractivity contribution >= 4 is 5.91 Å². The summed E-state index contributed by atoms with van der Waals surface area (Å²) in [5.41, 5.74) is 0. The number of rotatable bonds is 10. The van der Waals surface area contributed by atoms with Gasteiger partial charge in [0.2, 0.25) is 5.91 Å². The minimum absolute atomic E-state index is 0.0553. The van der Waals surface area contributed by atoms with E-state index in [1.807, 2.05) is 0 Å². The number of carbonyl (C=O) groups excluding carboxylic acids is 1. The first-order valence-corrected chi connectivity index (χ1v) is 6.73. The van der Waals surface area contributed by atoms with Gasteiger partial charge in [0.15, 0.2) is 0 Å². The third kappa shape index (κ3) is 9.12. The van der Waals surface area contributed by atoms with Gasteiger partial charge in [-0.25, -0.2) is 0 Å². The van der Waals surface area contributed by atoms with E-state index in [1.165, 1.54) is 0 Å². The van der Waals surface area contributed by atoms with E-state index in [0.717, 1.165) is 32.4 Å². The van der Waals surface area contributed by atoms with E-state index in [2.05, 4.69) is 26.1 Å². The number of aliphatic hydroxyl groups excluding tert-OH is 1. The van der Waals surface area contributed by atoms with Gasteiger partial charge in [0.05, 0.1) is 6.61 Å². The van der Waals surface area contributed by atoms with Gasteiger partial charge in [-0.3, -0.25) is 4.79 Å². The van der Waals surface area contributed by atoms with Gasteiger partial charge in [-0.15, -0.1) is 0 Å². The summed E-state index contributed by atoms with van der Waals surface area (Å²) in [4.78, 5) is 13.6. The van der Waals surface area contributed by atoms with Crippen molar-refractivity contribution in [2.75, 3.05) is 26.2 Å². The number of aliphatic hydroxyl groups is 1. The number of carbonyl (C=O) groups is 1. The summed E-state index contributed by atoms with van der Waals surface area (Å²) in [6.45, 7) is 8.48. The standard InChI is InChI=1S/C13H28N2O2/c1-4-5-9-15(10-11-16)13(17)7-6-8-14-12(2)3/h12,14,16H,4-11H2,1-3H3. The van der Waals surface area contributed by atoms with Crippen LogP contribution in [0.1, 0.15) is 46.5 Å². The second-order valence-electron chi connectivity index (χ2n) is 4.67. The van der Waals surface area contributed by atoms with E-state index in [4.69, 9.17) is 5.11 Å². The Balaban J connectivity index is 3.80. The number of hydrogen-bond acceptors (Lipinski definition) is 3. The molecule has 4 nitrogen and oxygen atoms in total. The Kier molecular flexibility index (Phi) is 10.2. The molecule has 0 heterocycles. The second kappa shape index (κ2) is 10.5. The topological polar surface area (TPSA) is 52.6 Å². The van der Waals surface area contributed by atoms with Crippen LogP contribution in [0.4, 0.5) is 0 Å². The maximum absolute atomic E-state index is 11.9. The van der Waals surface area contributed by atoms with Gasteiger partial charge in [-0.2, -0.15) is 0 Å². The van der Waals surface area contributed by atoms with Crippen LogP contribution in [0.3, 0.4) is 0 Å². The molecular weight excluding hydrogens is 216 g/mol. The van der Waals surface area contributed by atoms with Gasteiger partial charge in [-0.1, -0.05) is 27.2 Å². The first-order chi connectivity index (χ1) is 8.11. The summed E-state index contributed by atoms with van der Waals surface area (Å²) in [5.74, 6) is 0.165. The fourth-order valence-corrected chi connectivity index (χ4v) is 1.62. The van der Waals surface area contributed by atoms with Gasteiger partial charge in [0.1, 0.15) is 0 Å². The fraction of sp³-hybridized carbons (Fsp3) is 0.923. The molecule has 17 heavy (non-hydrogen) atoms. The molecule has 102 valence electrons. The van der Waals surface area contributed by atoms with E-state index in [1.54, 1.807) is 4.90 Å². The molecule has 0 aromatic carbocycles. The van der Waals surface area contributed by atoms with Crippen molar-refractivity contribution in [1.29, 1.82) is 0 Å². The lowest BCUT2D eigenvalue weighted by Gasteiger charge is -2.21. The molecule has 1 amide bonds. The van der Waals surface area contributed by atoms with Gasteiger partial charge in [0.25, 0.3) is 0 Å². The molecule has 0 spiro atoms. The Morgan fingerprint density at radius 3 is 2.53 bits per heavy atom. The van der Waals surface area contributed by atoms with Crippen molar-refractivity contribution in [3.05, 3.63) is 0 Å². The monoisotopic (exact) mass is 244 g/mol. The first-order valence-electron chi connectivity index (χ1n) is 6.73. The Labute approximate surface area is 105 Å². The Hall–Kier alpha value is -0.610. The quantitative estimate of drug-likeness (QED) is 0.571. The molecule has 0 atom stereocenters. The molecule has 0 aliphatic heterocycles. The van der Waals surface area contributed by atoms with E-state index in [9.17, 15) is 4.79 Å². The smallest absolute Gasteiger partial charge is 0.222 e. The summed E-state index contributed by atoms with van der Waals surface area (Å²) in [6, 6.07) is 0.471. The lowest BCUT2D eigenvalue weighted by Crippen LogP contribution is -2.35. The third-order valence-corrected chi connectivity index (χ3v) is 2.62. The number of amides is 1.